The second kappa shape index (κ2) is 12.8. The molecular weight excluding hydrogens is 416 g/mol. The molecule has 0 amide bonds. The van der Waals surface area contributed by atoms with Gasteiger partial charge in [-0.05, 0) is 31.0 Å². The van der Waals surface area contributed by atoms with Gasteiger partial charge in [0, 0.05) is 26.2 Å². The summed E-state index contributed by atoms with van der Waals surface area (Å²) in [6, 6.07) is 8.31. The van der Waals surface area contributed by atoms with Gasteiger partial charge in [-0.2, -0.15) is 0 Å². The number of ether oxygens (including phenoxy) is 1. The molecule has 11 heteroatoms. The molecule has 1 aliphatic heterocycles. The Morgan fingerprint density at radius 1 is 1.16 bits per heavy atom. The van der Waals surface area contributed by atoms with Crippen LogP contribution in [0, 0.1) is 6.92 Å². The molecule has 2 N–H and O–H groups in total. The Hall–Kier alpha value is -3.73. The van der Waals surface area contributed by atoms with Crippen molar-refractivity contribution in [3.05, 3.63) is 59.4 Å². The van der Waals surface area contributed by atoms with Crippen molar-refractivity contribution in [2.75, 3.05) is 13.7 Å². The molecular formula is C21H28N6O5. The lowest BCUT2D eigenvalue weighted by Gasteiger charge is -2.20. The number of aryl methyl sites for hydroxylation is 2. The van der Waals surface area contributed by atoms with Crippen LogP contribution >= 0.6 is 0 Å². The summed E-state index contributed by atoms with van der Waals surface area (Å²) in [5.41, 5.74) is 4.68. The molecule has 3 aromatic rings. The maximum atomic E-state index is 8.36. The predicted octanol–water partition coefficient (Wildman–Crippen LogP) is 1.65. The number of imidazole rings is 1. The molecule has 0 fully saturated rings. The van der Waals surface area contributed by atoms with E-state index in [2.05, 4.69) is 43.0 Å². The molecule has 0 bridgehead atoms. The van der Waals surface area contributed by atoms with Crippen molar-refractivity contribution in [1.29, 1.82) is 0 Å². The van der Waals surface area contributed by atoms with Crippen LogP contribution in [0.25, 0.3) is 0 Å². The van der Waals surface area contributed by atoms with Crippen molar-refractivity contribution >= 4 is 12.9 Å². The number of benzene rings is 1. The lowest BCUT2D eigenvalue weighted by Crippen LogP contribution is -2.23. The van der Waals surface area contributed by atoms with Gasteiger partial charge in [-0.15, -0.1) is 5.10 Å². The van der Waals surface area contributed by atoms with E-state index >= 15 is 0 Å². The lowest BCUT2D eigenvalue weighted by molar-refractivity contribution is -0.123. The van der Waals surface area contributed by atoms with Crippen LogP contribution in [0.4, 0.5) is 0 Å². The highest BCUT2D eigenvalue weighted by Crippen LogP contribution is 2.20. The largest absolute Gasteiger partial charge is 0.497 e. The molecule has 0 spiro atoms. The first-order valence-corrected chi connectivity index (χ1v) is 9.95. The van der Waals surface area contributed by atoms with E-state index < -0.39 is 0 Å². The molecule has 0 saturated carbocycles. The highest BCUT2D eigenvalue weighted by atomic mass is 16.5. The SMILES string of the molecule is COc1cccc(CN2CCCn3cnc(Cn4nncc4C)c3C2)c1.O=CO.O=CO. The monoisotopic (exact) mass is 444 g/mol. The number of hydrogen-bond acceptors (Lipinski definition) is 7. The number of methoxy groups -OCH3 is 1. The van der Waals surface area contributed by atoms with Gasteiger partial charge >= 0.3 is 0 Å². The zero-order valence-electron chi connectivity index (χ0n) is 18.2. The van der Waals surface area contributed by atoms with Gasteiger partial charge in [-0.3, -0.25) is 14.5 Å². The summed E-state index contributed by atoms with van der Waals surface area (Å²) < 4.78 is 9.54. The van der Waals surface area contributed by atoms with E-state index in [1.54, 1.807) is 13.3 Å². The van der Waals surface area contributed by atoms with Crippen molar-refractivity contribution in [2.45, 2.75) is 39.5 Å². The van der Waals surface area contributed by atoms with Crippen LogP contribution in [-0.4, -0.2) is 66.3 Å². The van der Waals surface area contributed by atoms with Crippen molar-refractivity contribution in [1.82, 2.24) is 29.4 Å². The number of carboxylic acid groups (broad SMARTS) is 2. The molecule has 0 atom stereocenters. The van der Waals surface area contributed by atoms with Gasteiger partial charge < -0.3 is 19.5 Å². The minimum absolute atomic E-state index is 0.250. The van der Waals surface area contributed by atoms with E-state index in [-0.39, 0.29) is 12.9 Å². The number of rotatable bonds is 5. The fourth-order valence-corrected chi connectivity index (χ4v) is 3.48. The van der Waals surface area contributed by atoms with Crippen LogP contribution < -0.4 is 4.74 Å². The molecule has 4 rings (SSSR count). The van der Waals surface area contributed by atoms with E-state index in [1.807, 2.05) is 24.0 Å². The molecule has 2 aromatic heterocycles. The number of nitrogens with zero attached hydrogens (tertiary/aromatic N) is 6. The highest BCUT2D eigenvalue weighted by molar-refractivity contribution is 5.33. The van der Waals surface area contributed by atoms with E-state index in [0.29, 0.717) is 6.54 Å². The van der Waals surface area contributed by atoms with Crippen LogP contribution in [0.3, 0.4) is 0 Å². The van der Waals surface area contributed by atoms with E-state index in [1.165, 1.54) is 11.3 Å². The van der Waals surface area contributed by atoms with E-state index in [9.17, 15) is 0 Å². The van der Waals surface area contributed by atoms with Gasteiger partial charge in [0.1, 0.15) is 5.75 Å². The fourth-order valence-electron chi connectivity index (χ4n) is 3.48. The third-order valence-corrected chi connectivity index (χ3v) is 4.93. The number of aromatic nitrogens is 5. The molecule has 11 nitrogen and oxygen atoms in total. The lowest BCUT2D eigenvalue weighted by atomic mass is 10.2. The highest BCUT2D eigenvalue weighted by Gasteiger charge is 2.19. The van der Waals surface area contributed by atoms with Gasteiger partial charge in [-0.25, -0.2) is 9.67 Å². The third kappa shape index (κ3) is 6.91. The number of fused-ring (bicyclic) bond motifs is 1. The first-order chi connectivity index (χ1) is 15.6. The summed E-state index contributed by atoms with van der Waals surface area (Å²) in [4.78, 5) is 23.9. The Labute approximate surface area is 185 Å². The number of carbonyl (C=O) groups is 2. The third-order valence-electron chi connectivity index (χ3n) is 4.93. The second-order valence-corrected chi connectivity index (χ2v) is 6.99. The summed E-state index contributed by atoms with van der Waals surface area (Å²) >= 11 is 0. The maximum absolute atomic E-state index is 8.36. The van der Waals surface area contributed by atoms with Crippen LogP contribution in [0.15, 0.2) is 36.8 Å². The van der Waals surface area contributed by atoms with Crippen molar-refractivity contribution in [3.63, 3.8) is 0 Å². The van der Waals surface area contributed by atoms with Crippen molar-refractivity contribution < 1.29 is 24.5 Å². The molecule has 0 aliphatic carbocycles. The Morgan fingerprint density at radius 2 is 1.91 bits per heavy atom. The van der Waals surface area contributed by atoms with Crippen LogP contribution in [0.2, 0.25) is 0 Å². The topological polar surface area (TPSA) is 136 Å². The molecule has 0 saturated heterocycles. The zero-order valence-corrected chi connectivity index (χ0v) is 18.2. The molecule has 0 unspecified atom stereocenters. The summed E-state index contributed by atoms with van der Waals surface area (Å²) in [7, 11) is 1.71. The Balaban J connectivity index is 0.000000547. The quantitative estimate of drug-likeness (QED) is 0.563. The standard InChI is InChI=1S/C19H24N6O.2CH2O2/c1-15-10-21-22-25(15)12-18-19-13-23(7-4-8-24(19)14-20-18)11-16-5-3-6-17(9-16)26-2;2*2-1-3/h3,5-6,9-10,14H,4,7-8,11-13H2,1-2H3;2*1H,(H,2,3). The molecule has 32 heavy (non-hydrogen) atoms. The zero-order chi connectivity index (χ0) is 23.3. The van der Waals surface area contributed by atoms with Crippen LogP contribution in [-0.2, 0) is 35.8 Å². The van der Waals surface area contributed by atoms with Gasteiger partial charge in [0.15, 0.2) is 0 Å². The first-order valence-electron chi connectivity index (χ1n) is 9.95. The summed E-state index contributed by atoms with van der Waals surface area (Å²) in [6.45, 7) is 6.06. The Kier molecular flexibility index (Phi) is 9.85. The van der Waals surface area contributed by atoms with Crippen LogP contribution in [0.1, 0.15) is 29.1 Å². The van der Waals surface area contributed by atoms with Gasteiger partial charge in [0.2, 0.25) is 0 Å². The minimum atomic E-state index is -0.250. The van der Waals surface area contributed by atoms with Gasteiger partial charge in [0.25, 0.3) is 12.9 Å². The summed E-state index contributed by atoms with van der Waals surface area (Å²) in [5, 5.41) is 21.9. The fraction of sp³-hybridized carbons (Fsp3) is 0.381. The second-order valence-electron chi connectivity index (χ2n) is 6.99. The maximum Gasteiger partial charge on any atom is 0.290 e. The Morgan fingerprint density at radius 3 is 2.56 bits per heavy atom. The van der Waals surface area contributed by atoms with Crippen LogP contribution in [0.5, 0.6) is 5.75 Å². The van der Waals surface area contributed by atoms with Gasteiger partial charge in [-0.1, -0.05) is 17.3 Å². The minimum Gasteiger partial charge on any atom is -0.497 e. The number of hydrogen-bond donors (Lipinski definition) is 2. The Bertz CT molecular complexity index is 981. The van der Waals surface area contributed by atoms with Crippen molar-refractivity contribution in [3.8, 4) is 5.75 Å². The average molecular weight is 444 g/mol. The predicted molar refractivity (Wildman–Crippen MR) is 115 cm³/mol. The van der Waals surface area contributed by atoms with E-state index in [4.69, 9.17) is 24.5 Å². The average Bonchev–Trinajstić information content (AvgIpc) is 3.29. The van der Waals surface area contributed by atoms with Gasteiger partial charge in [0.05, 0.1) is 43.3 Å². The molecule has 0 radical (unpaired) electrons. The molecule has 172 valence electrons. The molecule has 1 aromatic carbocycles. The normalized spacial score (nSPS) is 12.8. The van der Waals surface area contributed by atoms with Crippen molar-refractivity contribution in [2.24, 2.45) is 0 Å². The molecule has 1 aliphatic rings. The molecule has 3 heterocycles. The summed E-state index contributed by atoms with van der Waals surface area (Å²) in [5.74, 6) is 0.907. The first kappa shape index (κ1) is 24.5. The van der Waals surface area contributed by atoms with E-state index in [0.717, 1.165) is 49.7 Å². The summed E-state index contributed by atoms with van der Waals surface area (Å²) in [6.07, 6.45) is 4.87. The smallest absolute Gasteiger partial charge is 0.290 e.